The van der Waals surface area contributed by atoms with E-state index >= 15 is 0 Å². The van der Waals surface area contributed by atoms with Gasteiger partial charge in [-0.25, -0.2) is 0 Å². The molecule has 0 aliphatic heterocycles. The van der Waals surface area contributed by atoms with Crippen LogP contribution in [0.25, 0.3) is 0 Å². The molecule has 5 nitrogen and oxygen atoms in total. The fraction of sp³-hybridized carbons (Fsp3) is 0.345. The summed E-state index contributed by atoms with van der Waals surface area (Å²) >= 11 is 0. The van der Waals surface area contributed by atoms with Crippen molar-refractivity contribution in [2.24, 2.45) is 0 Å². The number of hydrogen-bond acceptors (Lipinski definition) is 4. The molecule has 0 aromatic heterocycles. The van der Waals surface area contributed by atoms with Gasteiger partial charge in [-0.1, -0.05) is 42.5 Å². The fourth-order valence-electron chi connectivity index (χ4n) is 4.79. The summed E-state index contributed by atoms with van der Waals surface area (Å²) in [4.78, 5) is 10.9. The maximum Gasteiger partial charge on any atom is 0.307 e. The lowest BCUT2D eigenvalue weighted by molar-refractivity contribution is -0.136. The zero-order valence-corrected chi connectivity index (χ0v) is 19.9. The Hall–Kier alpha value is -3.47. The largest absolute Gasteiger partial charge is 0.493 e. The zero-order chi connectivity index (χ0) is 23.9. The molecule has 0 saturated carbocycles. The molecule has 0 fully saturated rings. The van der Waals surface area contributed by atoms with Crippen LogP contribution in [0.3, 0.4) is 0 Å². The molecule has 4 rings (SSSR count). The van der Waals surface area contributed by atoms with Crippen molar-refractivity contribution in [1.82, 2.24) is 0 Å². The number of anilines is 1. The van der Waals surface area contributed by atoms with Crippen molar-refractivity contribution in [2.75, 3.05) is 26.1 Å². The first-order chi connectivity index (χ1) is 16.6. The van der Waals surface area contributed by atoms with Crippen molar-refractivity contribution in [3.63, 3.8) is 0 Å². The van der Waals surface area contributed by atoms with E-state index in [1.165, 1.54) is 22.3 Å². The van der Waals surface area contributed by atoms with E-state index in [0.29, 0.717) is 5.92 Å². The van der Waals surface area contributed by atoms with Crippen LogP contribution in [0.1, 0.15) is 46.6 Å². The maximum absolute atomic E-state index is 10.9. The van der Waals surface area contributed by atoms with Gasteiger partial charge in [-0.15, -0.1) is 0 Å². The van der Waals surface area contributed by atoms with E-state index in [1.54, 1.807) is 14.2 Å². The fourth-order valence-corrected chi connectivity index (χ4v) is 4.79. The first kappa shape index (κ1) is 23.7. The summed E-state index contributed by atoms with van der Waals surface area (Å²) in [6, 6.07) is 21.6. The minimum atomic E-state index is -0.803. The number of carboxylic acid groups (broad SMARTS) is 1. The van der Waals surface area contributed by atoms with E-state index in [1.807, 2.05) is 30.3 Å². The topological polar surface area (TPSA) is 67.8 Å². The van der Waals surface area contributed by atoms with E-state index < -0.39 is 5.97 Å². The smallest absolute Gasteiger partial charge is 0.307 e. The van der Waals surface area contributed by atoms with Crippen LogP contribution in [-0.2, 0) is 30.5 Å². The number of methoxy groups -OCH3 is 2. The van der Waals surface area contributed by atoms with Crippen molar-refractivity contribution in [1.29, 1.82) is 0 Å². The molecule has 34 heavy (non-hydrogen) atoms. The molecule has 0 amide bonds. The third kappa shape index (κ3) is 5.71. The number of rotatable bonds is 10. The molecular weight excluding hydrogens is 426 g/mol. The Morgan fingerprint density at radius 3 is 2.53 bits per heavy atom. The number of ether oxygens (including phenoxy) is 2. The quantitative estimate of drug-likeness (QED) is 0.396. The number of carbonyl (C=O) groups is 1. The second-order valence-electron chi connectivity index (χ2n) is 8.85. The van der Waals surface area contributed by atoms with E-state index in [0.717, 1.165) is 61.4 Å². The Labute approximate surface area is 201 Å². The minimum Gasteiger partial charge on any atom is -0.493 e. The normalized spacial score (nSPS) is 14.8. The highest BCUT2D eigenvalue weighted by molar-refractivity contribution is 5.70. The van der Waals surface area contributed by atoms with Crippen LogP contribution in [0.15, 0.2) is 54.6 Å². The molecule has 1 aliphatic rings. The summed E-state index contributed by atoms with van der Waals surface area (Å²) in [6.45, 7) is 0.831. The lowest BCUT2D eigenvalue weighted by Crippen LogP contribution is -2.15. The summed E-state index contributed by atoms with van der Waals surface area (Å²) in [7, 11) is 3.35. The first-order valence-corrected chi connectivity index (χ1v) is 11.8. The lowest BCUT2D eigenvalue weighted by Gasteiger charge is -2.28. The van der Waals surface area contributed by atoms with Crippen molar-refractivity contribution >= 4 is 11.7 Å². The molecule has 0 saturated heterocycles. The summed E-state index contributed by atoms with van der Waals surface area (Å²) in [5, 5.41) is 12.6. The van der Waals surface area contributed by atoms with Crippen LogP contribution in [-0.4, -0.2) is 31.8 Å². The van der Waals surface area contributed by atoms with Crippen molar-refractivity contribution in [3.05, 3.63) is 88.5 Å². The molecule has 1 atom stereocenters. The lowest BCUT2D eigenvalue weighted by atomic mass is 9.79. The number of carboxylic acids is 1. The Bertz CT molecular complexity index is 1120. The van der Waals surface area contributed by atoms with E-state index in [2.05, 4.69) is 35.6 Å². The number of hydrogen-bond donors (Lipinski definition) is 2. The zero-order valence-electron chi connectivity index (χ0n) is 19.9. The molecule has 0 unspecified atom stereocenters. The molecule has 5 heteroatoms. The van der Waals surface area contributed by atoms with Gasteiger partial charge in [0, 0.05) is 18.3 Å². The average molecular weight is 459 g/mol. The highest BCUT2D eigenvalue weighted by atomic mass is 16.5. The molecule has 0 bridgehead atoms. The number of fused-ring (bicyclic) bond motifs is 1. The van der Waals surface area contributed by atoms with Crippen LogP contribution in [0.2, 0.25) is 0 Å². The molecule has 2 N–H and O–H groups in total. The predicted molar refractivity (Wildman–Crippen MR) is 134 cm³/mol. The highest BCUT2D eigenvalue weighted by Crippen LogP contribution is 2.41. The average Bonchev–Trinajstić information content (AvgIpc) is 2.86. The van der Waals surface area contributed by atoms with Crippen molar-refractivity contribution < 1.29 is 19.4 Å². The number of aliphatic carboxylic acids is 1. The third-order valence-corrected chi connectivity index (χ3v) is 6.61. The first-order valence-electron chi connectivity index (χ1n) is 11.8. The van der Waals surface area contributed by atoms with Gasteiger partial charge in [-0.05, 0) is 78.0 Å². The van der Waals surface area contributed by atoms with Crippen molar-refractivity contribution in [3.8, 4) is 11.5 Å². The van der Waals surface area contributed by atoms with Crippen LogP contribution in [0.5, 0.6) is 11.5 Å². The van der Waals surface area contributed by atoms with E-state index in [4.69, 9.17) is 14.6 Å². The molecular formula is C29H32NO4. The maximum atomic E-state index is 10.9. The van der Waals surface area contributed by atoms with Crippen LogP contribution in [0.4, 0.5) is 5.69 Å². The second kappa shape index (κ2) is 11.1. The summed E-state index contributed by atoms with van der Waals surface area (Å²) in [5.41, 5.74) is 7.23. The molecule has 177 valence electrons. The van der Waals surface area contributed by atoms with Crippen LogP contribution < -0.4 is 14.8 Å². The van der Waals surface area contributed by atoms with Gasteiger partial charge in [0.1, 0.15) is 0 Å². The van der Waals surface area contributed by atoms with Gasteiger partial charge in [0.15, 0.2) is 11.5 Å². The van der Waals surface area contributed by atoms with Gasteiger partial charge >= 0.3 is 5.97 Å². The molecule has 1 radical (unpaired) electrons. The summed E-state index contributed by atoms with van der Waals surface area (Å²) in [5.74, 6) is 1.10. The van der Waals surface area contributed by atoms with Gasteiger partial charge in [-0.2, -0.15) is 0 Å². The minimum absolute atomic E-state index is 0.0633. The van der Waals surface area contributed by atoms with Crippen LogP contribution >= 0.6 is 0 Å². The second-order valence-corrected chi connectivity index (χ2v) is 8.85. The Balaban J connectivity index is 1.45. The van der Waals surface area contributed by atoms with Gasteiger partial charge < -0.3 is 19.9 Å². The monoisotopic (exact) mass is 458 g/mol. The Morgan fingerprint density at radius 2 is 1.79 bits per heavy atom. The molecule has 3 aromatic carbocycles. The van der Waals surface area contributed by atoms with E-state index in [-0.39, 0.29) is 6.42 Å². The summed E-state index contributed by atoms with van der Waals surface area (Å²) in [6.07, 6.45) is 5.12. The SMILES string of the molecule is COc1cc(NCCCc2ccc(CC(=O)O)cc2)c([C@H]2CCc3c[c]ccc3C2)cc1OC. The summed E-state index contributed by atoms with van der Waals surface area (Å²) < 4.78 is 11.2. The Kier molecular flexibility index (Phi) is 7.73. The Morgan fingerprint density at radius 1 is 1.06 bits per heavy atom. The molecule has 0 spiro atoms. The molecule has 1 aliphatic carbocycles. The van der Waals surface area contributed by atoms with Gasteiger partial charge in [0.25, 0.3) is 0 Å². The van der Waals surface area contributed by atoms with Gasteiger partial charge in [0.2, 0.25) is 0 Å². The van der Waals surface area contributed by atoms with E-state index in [9.17, 15) is 4.79 Å². The van der Waals surface area contributed by atoms with Gasteiger partial charge in [-0.3, -0.25) is 4.79 Å². The number of nitrogens with one attached hydrogen (secondary N) is 1. The third-order valence-electron chi connectivity index (χ3n) is 6.61. The molecule has 3 aromatic rings. The predicted octanol–water partition coefficient (Wildman–Crippen LogP) is 5.45. The number of aryl methyl sites for hydroxylation is 2. The van der Waals surface area contributed by atoms with Crippen molar-refractivity contribution in [2.45, 2.75) is 44.4 Å². The van der Waals surface area contributed by atoms with Crippen LogP contribution in [0, 0.1) is 6.07 Å². The number of benzene rings is 3. The standard InChI is InChI=1S/C29H32NO4/c1-33-27-18-25(24-14-13-22-7-3-4-8-23(22)17-24)26(19-28(27)34-2)30-15-5-6-20-9-11-21(12-10-20)16-29(31)32/h4,7-12,18-19,24,30H,5-6,13-17H2,1-2H3,(H,31,32)/t24-/m0/s1. The highest BCUT2D eigenvalue weighted by Gasteiger charge is 2.24. The van der Waals surface area contributed by atoms with Gasteiger partial charge in [0.05, 0.1) is 20.6 Å². The molecule has 0 heterocycles.